The molecule has 0 aliphatic carbocycles. The van der Waals surface area contributed by atoms with Crippen molar-refractivity contribution in [2.75, 3.05) is 6.93 Å². The second kappa shape index (κ2) is 7.12. The van der Waals surface area contributed by atoms with Gasteiger partial charge in [-0.05, 0) is 37.1 Å². The SMILES string of the molecule is Cc1ccc(-n2c(=O)cc(F)n3c(=O)ccnc23)cc1C.FCF. The first kappa shape index (κ1) is 17.5. The maximum atomic E-state index is 13.9. The van der Waals surface area contributed by atoms with Gasteiger partial charge in [0.1, 0.15) is 0 Å². The summed E-state index contributed by atoms with van der Waals surface area (Å²) in [5.74, 6) is -0.969. The molecule has 0 amide bonds. The number of halogens is 3. The smallest absolute Gasteiger partial charge is 0.262 e. The molecular weight excluding hydrogens is 323 g/mol. The van der Waals surface area contributed by atoms with Crippen molar-refractivity contribution in [1.29, 1.82) is 0 Å². The van der Waals surface area contributed by atoms with Crippen molar-refractivity contribution in [2.24, 2.45) is 0 Å². The van der Waals surface area contributed by atoms with E-state index in [1.54, 1.807) is 12.1 Å². The van der Waals surface area contributed by atoms with Gasteiger partial charge in [0.2, 0.25) is 18.7 Å². The molecule has 0 fully saturated rings. The number of alkyl halides is 2. The van der Waals surface area contributed by atoms with Crippen LogP contribution < -0.4 is 11.1 Å². The Morgan fingerprint density at radius 2 is 1.67 bits per heavy atom. The number of rotatable bonds is 1. The van der Waals surface area contributed by atoms with Gasteiger partial charge in [-0.1, -0.05) is 6.07 Å². The number of nitrogens with zero attached hydrogens (tertiary/aromatic N) is 3. The van der Waals surface area contributed by atoms with Crippen LogP contribution in [0.3, 0.4) is 0 Å². The van der Waals surface area contributed by atoms with E-state index in [0.29, 0.717) is 5.69 Å². The fraction of sp³-hybridized carbons (Fsp3) is 0.188. The Morgan fingerprint density at radius 3 is 2.29 bits per heavy atom. The quantitative estimate of drug-likeness (QED) is 0.641. The molecule has 0 saturated carbocycles. The molecule has 0 spiro atoms. The van der Waals surface area contributed by atoms with E-state index in [0.717, 1.165) is 27.7 Å². The van der Waals surface area contributed by atoms with Gasteiger partial charge in [-0.25, -0.2) is 22.7 Å². The molecule has 0 bridgehead atoms. The van der Waals surface area contributed by atoms with Crippen molar-refractivity contribution in [2.45, 2.75) is 13.8 Å². The van der Waals surface area contributed by atoms with E-state index in [1.165, 1.54) is 10.8 Å². The molecule has 126 valence electrons. The molecule has 2 heterocycles. The average Bonchev–Trinajstić information content (AvgIpc) is 2.51. The Hall–Kier alpha value is -2.90. The van der Waals surface area contributed by atoms with Crippen LogP contribution in [-0.4, -0.2) is 20.9 Å². The largest absolute Gasteiger partial charge is 0.269 e. The molecule has 24 heavy (non-hydrogen) atoms. The van der Waals surface area contributed by atoms with Crippen molar-refractivity contribution < 1.29 is 13.2 Å². The zero-order valence-electron chi connectivity index (χ0n) is 13.0. The Morgan fingerprint density at radius 1 is 1.00 bits per heavy atom. The van der Waals surface area contributed by atoms with Gasteiger partial charge in [0.05, 0.1) is 11.8 Å². The summed E-state index contributed by atoms with van der Waals surface area (Å²) < 4.78 is 35.1. The summed E-state index contributed by atoms with van der Waals surface area (Å²) in [6.07, 6.45) is 1.26. The lowest BCUT2D eigenvalue weighted by Gasteiger charge is -2.11. The van der Waals surface area contributed by atoms with Gasteiger partial charge in [-0.15, -0.1) is 0 Å². The average molecular weight is 337 g/mol. The number of fused-ring (bicyclic) bond motifs is 1. The summed E-state index contributed by atoms with van der Waals surface area (Å²) in [5.41, 5.74) is 1.45. The van der Waals surface area contributed by atoms with E-state index in [4.69, 9.17) is 0 Å². The highest BCUT2D eigenvalue weighted by molar-refractivity contribution is 5.46. The number of aromatic nitrogens is 3. The van der Waals surface area contributed by atoms with Crippen LogP contribution in [0, 0.1) is 19.8 Å². The highest BCUT2D eigenvalue weighted by Crippen LogP contribution is 2.14. The molecular formula is C16H14F3N3O2. The lowest BCUT2D eigenvalue weighted by atomic mass is 10.1. The van der Waals surface area contributed by atoms with Crippen LogP contribution in [0.5, 0.6) is 0 Å². The molecule has 1 aromatic carbocycles. The number of benzene rings is 1. The fourth-order valence-electron chi connectivity index (χ4n) is 2.19. The van der Waals surface area contributed by atoms with Crippen LogP contribution in [-0.2, 0) is 0 Å². The first-order valence-corrected chi connectivity index (χ1v) is 6.89. The van der Waals surface area contributed by atoms with Gasteiger partial charge >= 0.3 is 0 Å². The topological polar surface area (TPSA) is 56.4 Å². The standard InChI is InChI=1S/C15H12FN3O2.CH2F2/c1-9-3-4-11(7-10(9)2)18-14(21)8-12(16)19-13(20)5-6-17-15(18)19;2-1-3/h3-8H,1-2H3;1H2. The van der Waals surface area contributed by atoms with E-state index < -0.39 is 24.0 Å². The summed E-state index contributed by atoms with van der Waals surface area (Å²) in [6.45, 7) is 2.11. The number of hydrogen-bond donors (Lipinski definition) is 0. The molecule has 8 heteroatoms. The van der Waals surface area contributed by atoms with Crippen molar-refractivity contribution >= 4 is 5.78 Å². The van der Waals surface area contributed by atoms with Crippen LogP contribution in [0.25, 0.3) is 11.5 Å². The van der Waals surface area contributed by atoms with Gasteiger partial charge in [-0.2, -0.15) is 4.39 Å². The molecule has 0 unspecified atom stereocenters. The molecule has 2 aromatic heterocycles. The van der Waals surface area contributed by atoms with Gasteiger partial charge in [0, 0.05) is 12.3 Å². The molecule has 0 aliphatic heterocycles. The van der Waals surface area contributed by atoms with Crippen molar-refractivity contribution in [3.63, 3.8) is 0 Å². The van der Waals surface area contributed by atoms with Crippen LogP contribution in [0.2, 0.25) is 0 Å². The third kappa shape index (κ3) is 3.22. The third-order valence-corrected chi connectivity index (χ3v) is 3.45. The molecule has 0 atom stereocenters. The molecule has 0 N–H and O–H groups in total. The fourth-order valence-corrected chi connectivity index (χ4v) is 2.19. The molecule has 3 rings (SSSR count). The minimum Gasteiger partial charge on any atom is -0.269 e. The Kier molecular flexibility index (Phi) is 5.18. The summed E-state index contributed by atoms with van der Waals surface area (Å²) >= 11 is 0. The Bertz CT molecular complexity index is 996. The van der Waals surface area contributed by atoms with Crippen LogP contribution in [0.4, 0.5) is 13.2 Å². The minimum absolute atomic E-state index is 0.0456. The van der Waals surface area contributed by atoms with E-state index in [1.807, 2.05) is 19.9 Å². The maximum absolute atomic E-state index is 13.9. The molecule has 5 nitrogen and oxygen atoms in total. The number of hydrogen-bond acceptors (Lipinski definition) is 3. The van der Waals surface area contributed by atoms with Crippen molar-refractivity contribution in [3.8, 4) is 5.69 Å². The minimum atomic E-state index is -1.75. The molecule has 0 aliphatic rings. The highest BCUT2D eigenvalue weighted by Gasteiger charge is 2.12. The predicted octanol–water partition coefficient (Wildman–Crippen LogP) is 2.48. The molecule has 3 aromatic rings. The third-order valence-electron chi connectivity index (χ3n) is 3.45. The summed E-state index contributed by atoms with van der Waals surface area (Å²) in [5, 5.41) is 0. The Labute approximate surface area is 134 Å². The van der Waals surface area contributed by atoms with Crippen molar-refractivity contribution in [1.82, 2.24) is 14.0 Å². The summed E-state index contributed by atoms with van der Waals surface area (Å²) in [7, 11) is 0. The molecule has 0 saturated heterocycles. The zero-order valence-corrected chi connectivity index (χ0v) is 13.0. The summed E-state index contributed by atoms with van der Waals surface area (Å²) in [4.78, 5) is 27.9. The van der Waals surface area contributed by atoms with Crippen LogP contribution in [0.15, 0.2) is 46.1 Å². The summed E-state index contributed by atoms with van der Waals surface area (Å²) in [6, 6.07) is 7.32. The zero-order chi connectivity index (χ0) is 17.9. The van der Waals surface area contributed by atoms with E-state index in [9.17, 15) is 22.8 Å². The van der Waals surface area contributed by atoms with Crippen LogP contribution >= 0.6 is 0 Å². The first-order chi connectivity index (χ1) is 11.4. The van der Waals surface area contributed by atoms with Crippen molar-refractivity contribution in [3.05, 3.63) is 74.3 Å². The predicted molar refractivity (Wildman–Crippen MR) is 83.6 cm³/mol. The van der Waals surface area contributed by atoms with Gasteiger partial charge in [-0.3, -0.25) is 9.59 Å². The van der Waals surface area contributed by atoms with Gasteiger partial charge in [0.25, 0.3) is 11.1 Å². The monoisotopic (exact) mass is 337 g/mol. The van der Waals surface area contributed by atoms with Gasteiger partial charge < -0.3 is 0 Å². The number of aryl methyl sites for hydroxylation is 2. The maximum Gasteiger partial charge on any atom is 0.262 e. The van der Waals surface area contributed by atoms with E-state index >= 15 is 0 Å². The second-order valence-electron chi connectivity index (χ2n) is 4.93. The first-order valence-electron chi connectivity index (χ1n) is 6.89. The lowest BCUT2D eigenvalue weighted by Crippen LogP contribution is -2.28. The van der Waals surface area contributed by atoms with E-state index in [2.05, 4.69) is 4.98 Å². The van der Waals surface area contributed by atoms with Gasteiger partial charge in [0.15, 0.2) is 0 Å². The lowest BCUT2D eigenvalue weighted by molar-refractivity contribution is 0.295. The van der Waals surface area contributed by atoms with E-state index in [-0.39, 0.29) is 5.78 Å². The molecule has 0 radical (unpaired) electrons. The normalized spacial score (nSPS) is 10.4. The second-order valence-corrected chi connectivity index (χ2v) is 4.93. The van der Waals surface area contributed by atoms with Crippen LogP contribution in [0.1, 0.15) is 11.1 Å². The Balaban J connectivity index is 0.000000647. The highest BCUT2D eigenvalue weighted by atomic mass is 19.3.